The molecule has 2 aromatic rings. The number of rotatable bonds is 6. The van der Waals surface area contributed by atoms with Gasteiger partial charge in [0.25, 0.3) is 11.5 Å². The van der Waals surface area contributed by atoms with Crippen molar-refractivity contribution in [1.29, 1.82) is 0 Å². The van der Waals surface area contributed by atoms with E-state index >= 15 is 0 Å². The molecular formula is C19H24N4O3. The Morgan fingerprint density at radius 1 is 1.42 bits per heavy atom. The van der Waals surface area contributed by atoms with Crippen molar-refractivity contribution in [2.75, 3.05) is 6.61 Å². The summed E-state index contributed by atoms with van der Waals surface area (Å²) in [4.78, 5) is 23.5. The largest absolute Gasteiger partial charge is 0.376 e. The third kappa shape index (κ3) is 4.29. The van der Waals surface area contributed by atoms with Crippen LogP contribution in [0.2, 0.25) is 0 Å². The van der Waals surface area contributed by atoms with Crippen LogP contribution in [-0.4, -0.2) is 34.0 Å². The zero-order valence-electron chi connectivity index (χ0n) is 15.1. The Morgan fingerprint density at radius 2 is 2.27 bits per heavy atom. The molecule has 1 saturated heterocycles. The molecule has 0 aromatic carbocycles. The molecule has 3 heterocycles. The second kappa shape index (κ2) is 8.14. The Balaban J connectivity index is 1.60. The number of pyridine rings is 1. The molecule has 1 aliphatic rings. The first-order chi connectivity index (χ1) is 12.5. The van der Waals surface area contributed by atoms with Crippen LogP contribution in [0.5, 0.6) is 0 Å². The number of hydrazone groups is 1. The summed E-state index contributed by atoms with van der Waals surface area (Å²) in [6, 6.07) is 6.81. The van der Waals surface area contributed by atoms with E-state index in [1.165, 1.54) is 10.6 Å². The summed E-state index contributed by atoms with van der Waals surface area (Å²) in [6.07, 6.45) is 5.70. The topological polar surface area (TPSA) is 77.6 Å². The highest BCUT2D eigenvalue weighted by molar-refractivity contribution is 5.83. The van der Waals surface area contributed by atoms with Gasteiger partial charge in [0, 0.05) is 42.4 Å². The number of carbonyl (C=O) groups excluding carboxylic acids is 1. The van der Waals surface area contributed by atoms with Crippen molar-refractivity contribution in [2.45, 2.75) is 45.9 Å². The monoisotopic (exact) mass is 356 g/mol. The summed E-state index contributed by atoms with van der Waals surface area (Å²) in [5, 5.41) is 4.03. The van der Waals surface area contributed by atoms with Crippen LogP contribution in [0.15, 0.2) is 40.4 Å². The minimum atomic E-state index is -0.345. The predicted molar refractivity (Wildman–Crippen MR) is 99.3 cm³/mol. The number of nitrogens with one attached hydrogen (secondary N) is 1. The maximum absolute atomic E-state index is 11.9. The Bertz CT molecular complexity index is 860. The Kier molecular flexibility index (Phi) is 5.68. The van der Waals surface area contributed by atoms with Crippen molar-refractivity contribution in [3.8, 4) is 0 Å². The molecular weight excluding hydrogens is 332 g/mol. The zero-order valence-corrected chi connectivity index (χ0v) is 15.1. The number of amides is 1. The molecule has 1 fully saturated rings. The molecule has 0 spiro atoms. The number of aryl methyl sites for hydroxylation is 1. The number of ether oxygens (including phenoxy) is 1. The van der Waals surface area contributed by atoms with Crippen LogP contribution in [0.25, 0.3) is 0 Å². The summed E-state index contributed by atoms with van der Waals surface area (Å²) >= 11 is 0. The molecule has 138 valence electrons. The van der Waals surface area contributed by atoms with Crippen LogP contribution in [0, 0.1) is 13.8 Å². The third-order valence-electron chi connectivity index (χ3n) is 4.63. The maximum atomic E-state index is 11.9. The highest BCUT2D eigenvalue weighted by Gasteiger charge is 2.18. The number of hydrogen-bond acceptors (Lipinski definition) is 4. The second-order valence-electron chi connectivity index (χ2n) is 6.53. The summed E-state index contributed by atoms with van der Waals surface area (Å²) in [6.45, 7) is 5.72. The van der Waals surface area contributed by atoms with E-state index in [9.17, 15) is 9.59 Å². The Morgan fingerprint density at radius 3 is 3.00 bits per heavy atom. The molecule has 3 rings (SSSR count). The smallest absolute Gasteiger partial charge is 0.260 e. The van der Waals surface area contributed by atoms with E-state index in [0.717, 1.165) is 42.9 Å². The molecule has 7 nitrogen and oxygen atoms in total. The van der Waals surface area contributed by atoms with Crippen molar-refractivity contribution >= 4 is 12.1 Å². The van der Waals surface area contributed by atoms with E-state index in [0.29, 0.717) is 0 Å². The number of nitrogens with zero attached hydrogens (tertiary/aromatic N) is 3. The lowest BCUT2D eigenvalue weighted by Crippen LogP contribution is -2.29. The fourth-order valence-corrected chi connectivity index (χ4v) is 3.19. The van der Waals surface area contributed by atoms with Crippen LogP contribution < -0.4 is 11.0 Å². The van der Waals surface area contributed by atoms with E-state index in [1.807, 2.05) is 13.0 Å². The van der Waals surface area contributed by atoms with E-state index < -0.39 is 0 Å². The molecule has 26 heavy (non-hydrogen) atoms. The summed E-state index contributed by atoms with van der Waals surface area (Å²) in [7, 11) is 0. The van der Waals surface area contributed by atoms with Gasteiger partial charge in [-0.05, 0) is 38.8 Å². The van der Waals surface area contributed by atoms with Crippen molar-refractivity contribution in [3.63, 3.8) is 0 Å². The van der Waals surface area contributed by atoms with Gasteiger partial charge < -0.3 is 13.9 Å². The first-order valence-electron chi connectivity index (χ1n) is 8.80. The lowest BCUT2D eigenvalue weighted by Gasteiger charge is -2.14. The SMILES string of the molecule is Cc1cc(/C=N\NC(=O)Cn2ccccc2=O)c(C)n1C[C@H]1CCCO1. The van der Waals surface area contributed by atoms with Gasteiger partial charge in [-0.15, -0.1) is 0 Å². The van der Waals surface area contributed by atoms with Gasteiger partial charge in [0.15, 0.2) is 0 Å². The van der Waals surface area contributed by atoms with Crippen LogP contribution >= 0.6 is 0 Å². The van der Waals surface area contributed by atoms with E-state index in [-0.39, 0.29) is 24.1 Å². The maximum Gasteiger partial charge on any atom is 0.260 e. The minimum absolute atomic E-state index is 0.0605. The van der Waals surface area contributed by atoms with Gasteiger partial charge >= 0.3 is 0 Å². The molecule has 0 radical (unpaired) electrons. The molecule has 2 aromatic heterocycles. The average Bonchev–Trinajstić information content (AvgIpc) is 3.21. The quantitative estimate of drug-likeness (QED) is 0.631. The van der Waals surface area contributed by atoms with Crippen molar-refractivity contribution in [2.24, 2.45) is 5.10 Å². The molecule has 0 aliphatic carbocycles. The van der Waals surface area contributed by atoms with Crippen molar-refractivity contribution < 1.29 is 9.53 Å². The Labute approximate surface area is 152 Å². The zero-order chi connectivity index (χ0) is 18.5. The summed E-state index contributed by atoms with van der Waals surface area (Å²) < 4.78 is 9.27. The lowest BCUT2D eigenvalue weighted by atomic mass is 10.2. The second-order valence-corrected chi connectivity index (χ2v) is 6.53. The molecule has 0 bridgehead atoms. The van der Waals surface area contributed by atoms with Crippen molar-refractivity contribution in [1.82, 2.24) is 14.6 Å². The molecule has 1 atom stereocenters. The van der Waals surface area contributed by atoms with Crippen LogP contribution in [-0.2, 0) is 22.6 Å². The highest BCUT2D eigenvalue weighted by atomic mass is 16.5. The van der Waals surface area contributed by atoms with Gasteiger partial charge in [0.1, 0.15) is 6.54 Å². The third-order valence-corrected chi connectivity index (χ3v) is 4.63. The van der Waals surface area contributed by atoms with Gasteiger partial charge in [-0.25, -0.2) is 5.43 Å². The van der Waals surface area contributed by atoms with Gasteiger partial charge in [-0.1, -0.05) is 6.07 Å². The van der Waals surface area contributed by atoms with E-state index in [1.54, 1.807) is 24.5 Å². The van der Waals surface area contributed by atoms with Crippen LogP contribution in [0.4, 0.5) is 0 Å². The molecule has 1 amide bonds. The van der Waals surface area contributed by atoms with Gasteiger partial charge in [-0.3, -0.25) is 9.59 Å². The molecule has 7 heteroatoms. The minimum Gasteiger partial charge on any atom is -0.376 e. The van der Waals surface area contributed by atoms with Crippen LogP contribution in [0.3, 0.4) is 0 Å². The van der Waals surface area contributed by atoms with Crippen molar-refractivity contribution in [3.05, 3.63) is 57.8 Å². The predicted octanol–water partition coefficient (Wildman–Crippen LogP) is 1.60. The first-order valence-corrected chi connectivity index (χ1v) is 8.80. The van der Waals surface area contributed by atoms with Gasteiger partial charge in [0.05, 0.1) is 12.3 Å². The standard InChI is InChI=1S/C19H24N4O3/c1-14-10-16(15(2)23(14)12-17-6-5-9-26-17)11-20-21-18(24)13-22-8-4-3-7-19(22)25/h3-4,7-8,10-11,17H,5-6,9,12-13H2,1-2H3,(H,21,24)/b20-11-/t17-/m1/s1. The number of aromatic nitrogens is 2. The summed E-state index contributed by atoms with van der Waals surface area (Å²) in [5.74, 6) is -0.345. The summed E-state index contributed by atoms with van der Waals surface area (Å²) in [5.41, 5.74) is 5.44. The Hall–Kier alpha value is -2.67. The number of hydrogen-bond donors (Lipinski definition) is 1. The number of carbonyl (C=O) groups is 1. The fraction of sp³-hybridized carbons (Fsp3) is 0.421. The molecule has 0 saturated carbocycles. The molecule has 1 aliphatic heterocycles. The van der Waals surface area contributed by atoms with E-state index in [4.69, 9.17) is 4.74 Å². The van der Waals surface area contributed by atoms with Gasteiger partial charge in [-0.2, -0.15) is 5.10 Å². The van der Waals surface area contributed by atoms with E-state index in [2.05, 4.69) is 22.0 Å². The molecule has 0 unspecified atom stereocenters. The lowest BCUT2D eigenvalue weighted by molar-refractivity contribution is -0.121. The average molecular weight is 356 g/mol. The fourth-order valence-electron chi connectivity index (χ4n) is 3.19. The van der Waals surface area contributed by atoms with Crippen LogP contribution in [0.1, 0.15) is 29.8 Å². The normalized spacial score (nSPS) is 17.1. The molecule has 1 N–H and O–H groups in total. The first kappa shape index (κ1) is 18.1. The highest BCUT2D eigenvalue weighted by Crippen LogP contribution is 2.19. The van der Waals surface area contributed by atoms with Gasteiger partial charge in [0.2, 0.25) is 0 Å².